The summed E-state index contributed by atoms with van der Waals surface area (Å²) in [6.45, 7) is 0.252. The first-order valence-corrected chi connectivity index (χ1v) is 8.10. The summed E-state index contributed by atoms with van der Waals surface area (Å²) < 4.78 is 27.3. The lowest BCUT2D eigenvalue weighted by Gasteiger charge is -2.13. The maximum Gasteiger partial charge on any atom is 0.242 e. The largest absolute Gasteiger partial charge is 0.396 e. The first kappa shape index (κ1) is 14.3. The van der Waals surface area contributed by atoms with Gasteiger partial charge in [-0.25, -0.2) is 13.1 Å². The summed E-state index contributed by atoms with van der Waals surface area (Å²) in [7, 11) is -3.62. The Balaban J connectivity index is 2.15. The van der Waals surface area contributed by atoms with Gasteiger partial charge in [0, 0.05) is 23.0 Å². The lowest BCUT2D eigenvalue weighted by atomic mass is 10.1. The molecule has 2 N–H and O–H groups in total. The summed E-state index contributed by atoms with van der Waals surface area (Å²) >= 11 is 9.14. The summed E-state index contributed by atoms with van der Waals surface area (Å²) in [6, 6.07) is 4.61. The van der Waals surface area contributed by atoms with Crippen molar-refractivity contribution in [1.29, 1.82) is 0 Å². The molecule has 0 heterocycles. The van der Waals surface area contributed by atoms with Gasteiger partial charge in [0.2, 0.25) is 10.0 Å². The zero-order valence-electron chi connectivity index (χ0n) is 9.49. The minimum atomic E-state index is -3.62. The molecule has 1 saturated carbocycles. The average molecular weight is 355 g/mol. The van der Waals surface area contributed by atoms with Gasteiger partial charge in [0.15, 0.2) is 0 Å². The molecule has 0 spiro atoms. The summed E-state index contributed by atoms with van der Waals surface area (Å²) in [4.78, 5) is 0.0566. The molecule has 1 aliphatic carbocycles. The van der Waals surface area contributed by atoms with Crippen LogP contribution < -0.4 is 4.72 Å². The maximum absolute atomic E-state index is 12.1. The van der Waals surface area contributed by atoms with Crippen molar-refractivity contribution in [1.82, 2.24) is 4.72 Å². The van der Waals surface area contributed by atoms with Crippen molar-refractivity contribution in [3.8, 4) is 0 Å². The average Bonchev–Trinajstić information content (AvgIpc) is 3.07. The molecule has 0 amide bonds. The van der Waals surface area contributed by atoms with Crippen molar-refractivity contribution in [3.05, 3.63) is 27.7 Å². The van der Waals surface area contributed by atoms with Gasteiger partial charge in [-0.1, -0.05) is 27.5 Å². The van der Waals surface area contributed by atoms with E-state index in [2.05, 4.69) is 20.7 Å². The second-order valence-electron chi connectivity index (χ2n) is 4.56. The number of hydrogen-bond donors (Lipinski definition) is 2. The van der Waals surface area contributed by atoms with Crippen molar-refractivity contribution >= 4 is 37.6 Å². The molecular weight excluding hydrogens is 342 g/mol. The Labute approximate surface area is 120 Å². The molecule has 0 atom stereocenters. The van der Waals surface area contributed by atoms with Gasteiger partial charge < -0.3 is 5.11 Å². The number of halogens is 2. The standard InChI is InChI=1S/C11H13BrClNO3S/c12-8-1-2-10(9(13)5-8)18(16,17)14-6-11(7-15)3-4-11/h1-2,5,14-15H,3-4,6-7H2. The van der Waals surface area contributed by atoms with Crippen molar-refractivity contribution in [3.63, 3.8) is 0 Å². The molecule has 1 aliphatic rings. The van der Waals surface area contributed by atoms with Gasteiger partial charge in [-0.3, -0.25) is 0 Å². The fourth-order valence-corrected chi connectivity index (χ4v) is 3.78. The highest BCUT2D eigenvalue weighted by atomic mass is 79.9. The minimum absolute atomic E-state index is 0.00356. The quantitative estimate of drug-likeness (QED) is 0.851. The Kier molecular flexibility index (Phi) is 4.04. The smallest absolute Gasteiger partial charge is 0.242 e. The van der Waals surface area contributed by atoms with Crippen LogP contribution in [0.15, 0.2) is 27.6 Å². The van der Waals surface area contributed by atoms with Crippen molar-refractivity contribution in [2.75, 3.05) is 13.2 Å². The van der Waals surface area contributed by atoms with Crippen molar-refractivity contribution in [2.24, 2.45) is 5.41 Å². The fourth-order valence-electron chi connectivity index (χ4n) is 1.59. The SMILES string of the molecule is O=S(=O)(NCC1(CO)CC1)c1ccc(Br)cc1Cl. The van der Waals surface area contributed by atoms with E-state index in [1.807, 2.05) is 0 Å². The van der Waals surface area contributed by atoms with E-state index in [9.17, 15) is 8.42 Å². The fraction of sp³-hybridized carbons (Fsp3) is 0.455. The highest BCUT2D eigenvalue weighted by molar-refractivity contribution is 9.10. The molecule has 0 unspecified atom stereocenters. The summed E-state index contributed by atoms with van der Waals surface area (Å²) in [5.74, 6) is 0. The summed E-state index contributed by atoms with van der Waals surface area (Å²) in [5, 5.41) is 9.32. The lowest BCUT2D eigenvalue weighted by molar-refractivity contribution is 0.213. The predicted molar refractivity (Wildman–Crippen MR) is 73.1 cm³/mol. The van der Waals surface area contributed by atoms with E-state index < -0.39 is 10.0 Å². The number of aliphatic hydroxyl groups excluding tert-OH is 1. The first-order valence-electron chi connectivity index (χ1n) is 5.44. The van der Waals surface area contributed by atoms with Crippen LogP contribution in [0.1, 0.15) is 12.8 Å². The van der Waals surface area contributed by atoms with Gasteiger partial charge in [-0.2, -0.15) is 0 Å². The molecule has 18 heavy (non-hydrogen) atoms. The van der Waals surface area contributed by atoms with Crippen LogP contribution in [0.5, 0.6) is 0 Å². The molecule has 0 radical (unpaired) electrons. The summed E-state index contributed by atoms with van der Waals surface area (Å²) in [5.41, 5.74) is -0.269. The van der Waals surface area contributed by atoms with Crippen LogP contribution in [0.4, 0.5) is 0 Å². The molecule has 2 rings (SSSR count). The highest BCUT2D eigenvalue weighted by Crippen LogP contribution is 2.44. The number of nitrogens with one attached hydrogen (secondary N) is 1. The monoisotopic (exact) mass is 353 g/mol. The second-order valence-corrected chi connectivity index (χ2v) is 7.62. The van der Waals surface area contributed by atoms with Crippen LogP contribution in [0.3, 0.4) is 0 Å². The molecule has 7 heteroatoms. The van der Waals surface area contributed by atoms with Crippen LogP contribution in [0.2, 0.25) is 5.02 Å². The third-order valence-corrected chi connectivity index (χ3v) is 5.49. The van der Waals surface area contributed by atoms with E-state index in [-0.39, 0.29) is 28.5 Å². The highest BCUT2D eigenvalue weighted by Gasteiger charge is 2.42. The Morgan fingerprint density at radius 1 is 1.44 bits per heavy atom. The zero-order chi connectivity index (χ0) is 13.4. The Hall–Kier alpha value is -0.140. The van der Waals surface area contributed by atoms with Gasteiger partial charge in [0.25, 0.3) is 0 Å². The zero-order valence-corrected chi connectivity index (χ0v) is 12.6. The van der Waals surface area contributed by atoms with Crippen molar-refractivity contribution in [2.45, 2.75) is 17.7 Å². The molecule has 0 saturated heterocycles. The number of hydrogen-bond acceptors (Lipinski definition) is 3. The third kappa shape index (κ3) is 3.05. The van der Waals surface area contributed by atoms with Gasteiger partial charge in [-0.05, 0) is 31.0 Å². The molecule has 1 aromatic rings. The van der Waals surface area contributed by atoms with E-state index >= 15 is 0 Å². The van der Waals surface area contributed by atoms with E-state index in [1.165, 1.54) is 12.1 Å². The van der Waals surface area contributed by atoms with Gasteiger partial charge >= 0.3 is 0 Å². The van der Waals surface area contributed by atoms with Gasteiger partial charge in [-0.15, -0.1) is 0 Å². The topological polar surface area (TPSA) is 66.4 Å². The second kappa shape index (κ2) is 5.09. The van der Waals surface area contributed by atoms with Gasteiger partial charge in [0.05, 0.1) is 5.02 Å². The summed E-state index contributed by atoms with van der Waals surface area (Å²) in [6.07, 6.45) is 1.69. The predicted octanol–water partition coefficient (Wildman–Crippen LogP) is 2.15. The lowest BCUT2D eigenvalue weighted by Crippen LogP contribution is -2.32. The Morgan fingerprint density at radius 3 is 2.61 bits per heavy atom. The number of rotatable bonds is 5. The van der Waals surface area contributed by atoms with Crippen molar-refractivity contribution < 1.29 is 13.5 Å². The molecule has 1 fully saturated rings. The normalized spacial score (nSPS) is 17.7. The van der Waals surface area contributed by atoms with Crippen LogP contribution in [0, 0.1) is 5.41 Å². The molecule has 0 bridgehead atoms. The molecule has 0 aromatic heterocycles. The maximum atomic E-state index is 12.1. The Morgan fingerprint density at radius 2 is 2.11 bits per heavy atom. The van der Waals surface area contributed by atoms with Gasteiger partial charge in [0.1, 0.15) is 4.90 Å². The van der Waals surface area contributed by atoms with Crippen LogP contribution in [-0.2, 0) is 10.0 Å². The van der Waals surface area contributed by atoms with E-state index in [0.717, 1.165) is 17.3 Å². The number of benzene rings is 1. The number of sulfonamides is 1. The molecular formula is C11H13BrClNO3S. The molecule has 4 nitrogen and oxygen atoms in total. The van der Waals surface area contributed by atoms with Crippen LogP contribution in [-0.4, -0.2) is 26.7 Å². The minimum Gasteiger partial charge on any atom is -0.396 e. The Bertz CT molecular complexity index is 557. The third-order valence-electron chi connectivity index (χ3n) is 3.11. The van der Waals surface area contributed by atoms with E-state index in [4.69, 9.17) is 16.7 Å². The van der Waals surface area contributed by atoms with E-state index in [0.29, 0.717) is 0 Å². The first-order chi connectivity index (χ1) is 8.38. The van der Waals surface area contributed by atoms with Crippen LogP contribution >= 0.6 is 27.5 Å². The molecule has 100 valence electrons. The molecule has 1 aromatic carbocycles. The van der Waals surface area contributed by atoms with Crippen LogP contribution in [0.25, 0.3) is 0 Å². The van der Waals surface area contributed by atoms with E-state index in [1.54, 1.807) is 6.07 Å². The number of aliphatic hydroxyl groups is 1. The molecule has 0 aliphatic heterocycles.